The molecule has 3 unspecified atom stereocenters. The van der Waals surface area contributed by atoms with Crippen LogP contribution in [0.5, 0.6) is 0 Å². The number of anilines is 2. The smallest absolute Gasteiger partial charge is 0.261 e. The molecule has 0 aliphatic carbocycles. The van der Waals surface area contributed by atoms with Crippen molar-refractivity contribution in [2.45, 2.75) is 55.8 Å². The van der Waals surface area contributed by atoms with Crippen LogP contribution in [0.1, 0.15) is 32.3 Å². The Kier molecular flexibility index (Phi) is 8.63. The topological polar surface area (TPSA) is 151 Å². The van der Waals surface area contributed by atoms with Gasteiger partial charge in [0, 0.05) is 47.0 Å². The van der Waals surface area contributed by atoms with Crippen LogP contribution in [0.3, 0.4) is 0 Å². The molecule has 0 spiro atoms. The minimum Gasteiger partial charge on any atom is -0.394 e. The van der Waals surface area contributed by atoms with Gasteiger partial charge in [-0.25, -0.2) is 28.3 Å². The Morgan fingerprint density at radius 2 is 1.76 bits per heavy atom. The summed E-state index contributed by atoms with van der Waals surface area (Å²) in [6.45, 7) is 3.12. The van der Waals surface area contributed by atoms with E-state index < -0.39 is 39.5 Å². The van der Waals surface area contributed by atoms with Gasteiger partial charge in [-0.15, -0.1) is 0 Å². The van der Waals surface area contributed by atoms with Crippen molar-refractivity contribution >= 4 is 56.7 Å². The molecule has 4 heterocycles. The molecule has 6 rings (SSSR count). The van der Waals surface area contributed by atoms with Crippen molar-refractivity contribution < 1.29 is 23.1 Å². The summed E-state index contributed by atoms with van der Waals surface area (Å²) in [7, 11) is -4.34. The highest BCUT2D eigenvalue weighted by molar-refractivity contribution is 7.89. The van der Waals surface area contributed by atoms with Crippen molar-refractivity contribution in [1.29, 1.82) is 0 Å². The van der Waals surface area contributed by atoms with E-state index in [1.807, 2.05) is 24.3 Å². The Bertz CT molecular complexity index is 1890. The van der Waals surface area contributed by atoms with Crippen molar-refractivity contribution in [1.82, 2.24) is 29.1 Å². The van der Waals surface area contributed by atoms with Crippen LogP contribution in [0.2, 0.25) is 10.0 Å². The van der Waals surface area contributed by atoms with Crippen LogP contribution in [0.25, 0.3) is 11.1 Å². The molecule has 0 saturated carbocycles. The lowest BCUT2D eigenvalue weighted by atomic mass is 9.91. The number of amides is 2. The summed E-state index contributed by atoms with van der Waals surface area (Å²) in [6.07, 6.45) is 6.96. The van der Waals surface area contributed by atoms with Gasteiger partial charge >= 0.3 is 0 Å². The summed E-state index contributed by atoms with van der Waals surface area (Å²) in [6, 6.07) is 10.6. The molecule has 2 aliphatic rings. The fourth-order valence-electron chi connectivity index (χ4n) is 6.07. The standard InChI is InChI=1S/C31H31Cl2N7O5S/c1-19(17-41)37-28(42)26-4-3-9-38(26)46(44,45)27-16-36-30-39(25-11-23(32)10-24(33)12-25)29(43)31(2,40(27)30)13-20-5-7-21(8-6-20)22-14-34-18-35-15-22/h5-8,10-12,14-16,18-19,26,41H,3-4,9,13,17H2,1-2H3,(H,37,42). The summed E-state index contributed by atoms with van der Waals surface area (Å²) in [5.41, 5.74) is 1.34. The molecule has 2 N–H and O–H groups in total. The quantitative estimate of drug-likeness (QED) is 0.269. The van der Waals surface area contributed by atoms with Gasteiger partial charge < -0.3 is 10.4 Å². The summed E-state index contributed by atoms with van der Waals surface area (Å²) < 4.78 is 31.3. The number of rotatable bonds is 9. The molecule has 2 aliphatic heterocycles. The summed E-state index contributed by atoms with van der Waals surface area (Å²) >= 11 is 12.6. The third-order valence-corrected chi connectivity index (χ3v) is 10.6. The van der Waals surface area contributed by atoms with Gasteiger partial charge in [0.05, 0.1) is 18.5 Å². The number of aliphatic hydroxyl groups excluding tert-OH is 1. The maximum Gasteiger partial charge on any atom is 0.261 e. The lowest BCUT2D eigenvalue weighted by Gasteiger charge is -2.29. The number of benzene rings is 2. The molecule has 240 valence electrons. The molecule has 0 bridgehead atoms. The number of nitrogens with zero attached hydrogens (tertiary/aromatic N) is 6. The maximum absolute atomic E-state index is 14.5. The number of nitrogens with one attached hydrogen (secondary N) is 1. The Labute approximate surface area is 276 Å². The Morgan fingerprint density at radius 3 is 2.41 bits per heavy atom. The number of hydrogen-bond acceptors (Lipinski definition) is 8. The molecule has 3 atom stereocenters. The number of aliphatic hydroxyl groups is 1. The van der Waals surface area contributed by atoms with Gasteiger partial charge in [0.15, 0.2) is 5.03 Å². The van der Waals surface area contributed by atoms with E-state index in [1.165, 1.54) is 28.1 Å². The Balaban J connectivity index is 1.43. The van der Waals surface area contributed by atoms with E-state index in [9.17, 15) is 23.1 Å². The zero-order valence-corrected chi connectivity index (χ0v) is 27.3. The van der Waals surface area contributed by atoms with Gasteiger partial charge in [-0.1, -0.05) is 47.5 Å². The fraction of sp³-hybridized carbons (Fsp3) is 0.323. The predicted octanol–water partition coefficient (Wildman–Crippen LogP) is 3.93. The van der Waals surface area contributed by atoms with Crippen LogP contribution >= 0.6 is 23.2 Å². The van der Waals surface area contributed by atoms with E-state index in [0.29, 0.717) is 28.6 Å². The molecule has 2 aromatic heterocycles. The third kappa shape index (κ3) is 5.66. The number of fused-ring (bicyclic) bond motifs is 1. The molecule has 2 amide bonds. The average molecular weight is 685 g/mol. The Morgan fingerprint density at radius 1 is 1.09 bits per heavy atom. The van der Waals surface area contributed by atoms with Crippen LogP contribution in [-0.4, -0.2) is 74.4 Å². The first-order valence-electron chi connectivity index (χ1n) is 14.6. The predicted molar refractivity (Wildman–Crippen MR) is 172 cm³/mol. The minimum absolute atomic E-state index is 0.0802. The van der Waals surface area contributed by atoms with E-state index >= 15 is 0 Å². The zero-order valence-electron chi connectivity index (χ0n) is 25.0. The van der Waals surface area contributed by atoms with Gasteiger partial charge in [0.1, 0.15) is 17.9 Å². The van der Waals surface area contributed by atoms with Gasteiger partial charge in [-0.2, -0.15) is 4.31 Å². The molecule has 4 aromatic rings. The zero-order chi connectivity index (χ0) is 32.8. The van der Waals surface area contributed by atoms with Crippen LogP contribution in [0, 0.1) is 0 Å². The monoisotopic (exact) mass is 683 g/mol. The van der Waals surface area contributed by atoms with Crippen LogP contribution < -0.4 is 10.2 Å². The van der Waals surface area contributed by atoms with Crippen molar-refractivity contribution in [3.8, 4) is 11.1 Å². The first-order chi connectivity index (χ1) is 21.9. The van der Waals surface area contributed by atoms with Gasteiger partial charge in [-0.05, 0) is 56.0 Å². The highest BCUT2D eigenvalue weighted by atomic mass is 35.5. The lowest BCUT2D eigenvalue weighted by molar-refractivity contribution is -0.125. The third-order valence-electron chi connectivity index (χ3n) is 8.31. The first-order valence-corrected chi connectivity index (χ1v) is 16.8. The van der Waals surface area contributed by atoms with Gasteiger partial charge in [-0.3, -0.25) is 14.2 Å². The fourth-order valence-corrected chi connectivity index (χ4v) is 8.43. The second-order valence-electron chi connectivity index (χ2n) is 11.6. The molecule has 1 saturated heterocycles. The van der Waals surface area contributed by atoms with E-state index in [2.05, 4.69) is 20.3 Å². The van der Waals surface area contributed by atoms with Crippen molar-refractivity contribution in [2.75, 3.05) is 18.1 Å². The maximum atomic E-state index is 14.5. The van der Waals surface area contributed by atoms with Crippen LogP contribution in [0.15, 0.2) is 72.4 Å². The highest BCUT2D eigenvalue weighted by Gasteiger charge is 2.53. The Hall–Kier alpha value is -3.88. The van der Waals surface area contributed by atoms with E-state index in [0.717, 1.165) is 21.0 Å². The molecule has 0 radical (unpaired) electrons. The number of halogens is 2. The molecule has 1 fully saturated rings. The molecule has 15 heteroatoms. The molecule has 12 nitrogen and oxygen atoms in total. The lowest BCUT2D eigenvalue weighted by Crippen LogP contribution is -2.49. The van der Waals surface area contributed by atoms with Crippen LogP contribution in [-0.2, 0) is 31.6 Å². The van der Waals surface area contributed by atoms with Crippen molar-refractivity contribution in [3.05, 3.63) is 83.0 Å². The molecule has 2 aromatic carbocycles. The number of carbonyl (C=O) groups is 2. The van der Waals surface area contributed by atoms with Crippen molar-refractivity contribution in [2.24, 2.45) is 0 Å². The van der Waals surface area contributed by atoms with E-state index in [-0.39, 0.29) is 30.5 Å². The SMILES string of the molecule is CC(CO)NC(=O)C1CCCN1S(=O)(=O)c1cnc2n1C(C)(Cc1ccc(-c3cncnc3)cc1)C(=O)N2c1cc(Cl)cc(Cl)c1. The number of imidazole rings is 1. The number of sulfonamides is 1. The van der Waals surface area contributed by atoms with E-state index in [4.69, 9.17) is 23.2 Å². The average Bonchev–Trinajstić information content (AvgIpc) is 3.75. The largest absolute Gasteiger partial charge is 0.394 e. The summed E-state index contributed by atoms with van der Waals surface area (Å²) in [5, 5.41) is 12.5. The second-order valence-corrected chi connectivity index (χ2v) is 14.4. The van der Waals surface area contributed by atoms with Gasteiger partial charge in [0.2, 0.25) is 11.9 Å². The first kappa shape index (κ1) is 32.1. The van der Waals surface area contributed by atoms with E-state index in [1.54, 1.807) is 38.4 Å². The molecule has 46 heavy (non-hydrogen) atoms. The second kappa shape index (κ2) is 12.4. The highest BCUT2D eigenvalue weighted by Crippen LogP contribution is 2.45. The van der Waals surface area contributed by atoms with Crippen LogP contribution in [0.4, 0.5) is 11.6 Å². The number of carbonyl (C=O) groups excluding carboxylic acids is 2. The summed E-state index contributed by atoms with van der Waals surface area (Å²) in [4.78, 5) is 41.4. The number of aromatic nitrogens is 4. The summed E-state index contributed by atoms with van der Waals surface area (Å²) in [5.74, 6) is -0.850. The van der Waals surface area contributed by atoms with Gasteiger partial charge in [0.25, 0.3) is 15.9 Å². The molecular formula is C31H31Cl2N7O5S. The van der Waals surface area contributed by atoms with Crippen molar-refractivity contribution in [3.63, 3.8) is 0 Å². The molecular weight excluding hydrogens is 653 g/mol. The normalized spacial score (nSPS) is 20.6. The number of hydrogen-bond donors (Lipinski definition) is 2. The minimum atomic E-state index is -4.34.